The van der Waals surface area contributed by atoms with Gasteiger partial charge in [-0.05, 0) is 64.2 Å². The monoisotopic (exact) mass is 879 g/mol. The Kier molecular flexibility index (Phi) is 36.5. The molecule has 0 aliphatic heterocycles. The Balaban J connectivity index is 4.78. The third kappa shape index (κ3) is 40.6. The quantitative estimate of drug-likeness (QED) is 0.0116. The smallest absolute Gasteiger partial charge is 0.462 e. The molecule has 1 unspecified atom stereocenters. The summed E-state index contributed by atoms with van der Waals surface area (Å²) in [7, 11) is 1.24. The molecule has 12 nitrogen and oxygen atoms in total. The van der Waals surface area contributed by atoms with E-state index in [0.29, 0.717) is 30.3 Å². The molecule has 0 radical (unpaired) electrons. The van der Waals surface area contributed by atoms with Crippen molar-refractivity contribution < 1.29 is 57.4 Å². The van der Waals surface area contributed by atoms with E-state index in [1.165, 1.54) is 44.6 Å². The number of phosphoric ester groups is 1. The van der Waals surface area contributed by atoms with Gasteiger partial charge in [0, 0.05) is 12.8 Å². The zero-order chi connectivity index (χ0) is 45.5. The van der Waals surface area contributed by atoms with E-state index >= 15 is 0 Å². The molecule has 0 aliphatic carbocycles. The average Bonchev–Trinajstić information content (AvgIpc) is 3.20. The second kappa shape index (κ2) is 38.5. The summed E-state index contributed by atoms with van der Waals surface area (Å²) < 4.78 is 34.0. The first-order chi connectivity index (χ1) is 29.2. The van der Waals surface area contributed by atoms with Crippen LogP contribution in [0.1, 0.15) is 123 Å². The number of carbonyl (C=O) groups excluding carboxylic acids is 2. The lowest BCUT2D eigenvalue weighted by molar-refractivity contribution is -0.870. The summed E-state index contributed by atoms with van der Waals surface area (Å²) in [6.45, 7) is 3.74. The first-order valence-corrected chi connectivity index (χ1v) is 23.8. The fraction of sp³-hybridized carbons (Fsp3) is 0.625. The van der Waals surface area contributed by atoms with Gasteiger partial charge < -0.3 is 34.2 Å². The fourth-order valence-electron chi connectivity index (χ4n) is 5.31. The van der Waals surface area contributed by atoms with Gasteiger partial charge in [-0.3, -0.25) is 18.6 Å². The summed E-state index contributed by atoms with van der Waals surface area (Å²) in [4.78, 5) is 35.4. The molecule has 0 fully saturated rings. The van der Waals surface area contributed by atoms with Crippen molar-refractivity contribution in [2.24, 2.45) is 0 Å². The number of nitrogens with zero attached hydrogens (tertiary/aromatic N) is 1. The molecule has 4 N–H and O–H groups in total. The Hall–Kier alpha value is -3.19. The van der Waals surface area contributed by atoms with Gasteiger partial charge in [0.05, 0.1) is 46.1 Å². The minimum Gasteiger partial charge on any atom is -0.462 e. The Morgan fingerprint density at radius 1 is 0.656 bits per heavy atom. The SMILES string of the molecule is CC/C=C\C[C@@H](O)/C=C/C=C/C=C\C=C/[C@H](O)[C@@H](O)CCCC(=O)OC[C@H](COP(=O)(O)OCC[N+](C)(C)C)OC(=O)CCC/C=C\C/C=C\C/C=C\CCCCCCCC. The van der Waals surface area contributed by atoms with Crippen molar-refractivity contribution in [3.63, 3.8) is 0 Å². The standard InChI is InChI=1S/C48H80NO11P/c1-6-8-10-11-12-13-14-15-16-17-18-19-20-21-22-27-31-37-48(54)60-44(42-59-61(55,56)58-40-39-49(3,4)5)41-57-47(53)38-32-36-46(52)45(51)35-30-26-24-23-25-29-34-43(50)33-28-9-7-2/h9,15-16,18-19,21-26,28-30,34-35,43-46,50-52H,6-8,10-14,17,20,27,31-33,36-42H2,1-5H3/p+1/b16-15-,19-18-,22-21-,25-23+,26-24-,28-9-,34-29+,35-30-/t43-,44-,45+,46+/m1/s1. The minimum atomic E-state index is -4.48. The van der Waals surface area contributed by atoms with E-state index in [4.69, 9.17) is 18.5 Å². The number of allylic oxidation sites excluding steroid dienone is 13. The van der Waals surface area contributed by atoms with Crippen LogP contribution in [0.4, 0.5) is 0 Å². The van der Waals surface area contributed by atoms with Gasteiger partial charge >= 0.3 is 19.8 Å². The molecule has 13 heteroatoms. The van der Waals surface area contributed by atoms with Crippen LogP contribution in [-0.4, -0.2) is 109 Å². The number of phosphoric acid groups is 1. The number of esters is 2. The molecule has 0 heterocycles. The maximum absolute atomic E-state index is 12.7. The van der Waals surface area contributed by atoms with Crippen LogP contribution in [-0.2, 0) is 32.7 Å². The van der Waals surface area contributed by atoms with Crippen molar-refractivity contribution in [1.82, 2.24) is 0 Å². The molecule has 0 aromatic rings. The van der Waals surface area contributed by atoms with Crippen LogP contribution in [0.5, 0.6) is 0 Å². The molecule has 5 atom stereocenters. The molecule has 0 aromatic heterocycles. The average molecular weight is 879 g/mol. The van der Waals surface area contributed by atoms with Gasteiger partial charge in [0.25, 0.3) is 0 Å². The number of quaternary nitrogens is 1. The van der Waals surface area contributed by atoms with E-state index in [0.717, 1.165) is 25.7 Å². The highest BCUT2D eigenvalue weighted by Crippen LogP contribution is 2.43. The molecule has 348 valence electrons. The molecule has 0 saturated carbocycles. The largest absolute Gasteiger partial charge is 0.472 e. The summed E-state index contributed by atoms with van der Waals surface area (Å²) >= 11 is 0. The van der Waals surface area contributed by atoms with Gasteiger partial charge in [-0.15, -0.1) is 0 Å². The molecular weight excluding hydrogens is 797 g/mol. The second-order valence-corrected chi connectivity index (χ2v) is 17.4. The van der Waals surface area contributed by atoms with Gasteiger partial charge in [-0.1, -0.05) is 143 Å². The number of rotatable bonds is 38. The van der Waals surface area contributed by atoms with Crippen molar-refractivity contribution in [3.05, 3.63) is 97.2 Å². The normalized spacial score (nSPS) is 16.0. The van der Waals surface area contributed by atoms with E-state index in [-0.39, 0.29) is 32.3 Å². The van der Waals surface area contributed by atoms with E-state index < -0.39 is 57.4 Å². The van der Waals surface area contributed by atoms with Crippen LogP contribution in [0.2, 0.25) is 0 Å². The Morgan fingerprint density at radius 2 is 1.25 bits per heavy atom. The second-order valence-electron chi connectivity index (χ2n) is 15.9. The molecule has 0 spiro atoms. The van der Waals surface area contributed by atoms with Gasteiger partial charge in [0.15, 0.2) is 6.10 Å². The highest BCUT2D eigenvalue weighted by molar-refractivity contribution is 7.47. The predicted molar refractivity (Wildman–Crippen MR) is 246 cm³/mol. The number of hydrogen-bond acceptors (Lipinski definition) is 10. The summed E-state index contributed by atoms with van der Waals surface area (Å²) in [5, 5.41) is 30.5. The number of hydrogen-bond donors (Lipinski definition) is 4. The number of aliphatic hydroxyl groups excluding tert-OH is 3. The molecular formula is C48H81NO11P+. The van der Waals surface area contributed by atoms with E-state index in [1.807, 2.05) is 52.4 Å². The lowest BCUT2D eigenvalue weighted by Crippen LogP contribution is -2.37. The first kappa shape index (κ1) is 57.8. The third-order valence-corrected chi connectivity index (χ3v) is 9.93. The third-order valence-electron chi connectivity index (χ3n) is 8.94. The number of ether oxygens (including phenoxy) is 2. The van der Waals surface area contributed by atoms with Crippen LogP contribution >= 0.6 is 7.82 Å². The van der Waals surface area contributed by atoms with Crippen LogP contribution < -0.4 is 0 Å². The predicted octanol–water partition coefficient (Wildman–Crippen LogP) is 9.49. The number of carbonyl (C=O) groups is 2. The number of likely N-dealkylation sites (N-methyl/N-ethyl adjacent to an activating group) is 1. The van der Waals surface area contributed by atoms with Gasteiger partial charge in [-0.2, -0.15) is 0 Å². The van der Waals surface area contributed by atoms with Crippen molar-refractivity contribution >= 4 is 19.8 Å². The minimum absolute atomic E-state index is 0.0389. The summed E-state index contributed by atoms with van der Waals surface area (Å²) in [5.74, 6) is -1.20. The molecule has 0 bridgehead atoms. The molecule has 0 amide bonds. The van der Waals surface area contributed by atoms with Crippen molar-refractivity contribution in [3.8, 4) is 0 Å². The topological polar surface area (TPSA) is 169 Å². The maximum Gasteiger partial charge on any atom is 0.472 e. The van der Waals surface area contributed by atoms with Gasteiger partial charge in [-0.25, -0.2) is 4.57 Å². The first-order valence-electron chi connectivity index (χ1n) is 22.3. The van der Waals surface area contributed by atoms with Gasteiger partial charge in [0.2, 0.25) is 0 Å². The zero-order valence-electron chi connectivity index (χ0n) is 37.9. The molecule has 0 aliphatic rings. The molecule has 0 rings (SSSR count). The lowest BCUT2D eigenvalue weighted by atomic mass is 10.1. The highest BCUT2D eigenvalue weighted by Gasteiger charge is 2.27. The van der Waals surface area contributed by atoms with E-state index in [2.05, 4.69) is 31.2 Å². The van der Waals surface area contributed by atoms with Crippen molar-refractivity contribution in [1.29, 1.82) is 0 Å². The Labute approximate surface area is 368 Å². The number of unbranched alkanes of at least 4 members (excludes halogenated alkanes) is 7. The lowest BCUT2D eigenvalue weighted by Gasteiger charge is -2.24. The fourth-order valence-corrected chi connectivity index (χ4v) is 6.05. The van der Waals surface area contributed by atoms with Crippen LogP contribution in [0.15, 0.2) is 97.2 Å². The van der Waals surface area contributed by atoms with Crippen molar-refractivity contribution in [2.75, 3.05) is 47.5 Å². The van der Waals surface area contributed by atoms with E-state index in [1.54, 1.807) is 42.5 Å². The molecule has 0 aromatic carbocycles. The summed E-state index contributed by atoms with van der Waals surface area (Å²) in [6, 6.07) is 0. The van der Waals surface area contributed by atoms with Crippen LogP contribution in [0.25, 0.3) is 0 Å². The molecule has 61 heavy (non-hydrogen) atoms. The summed E-state index contributed by atoms with van der Waals surface area (Å²) in [6.07, 6.45) is 39.9. The number of aliphatic hydroxyl groups is 3. The summed E-state index contributed by atoms with van der Waals surface area (Å²) in [5.41, 5.74) is 0. The highest BCUT2D eigenvalue weighted by atomic mass is 31.2. The van der Waals surface area contributed by atoms with Gasteiger partial charge in [0.1, 0.15) is 19.8 Å². The Morgan fingerprint density at radius 3 is 1.90 bits per heavy atom. The van der Waals surface area contributed by atoms with E-state index in [9.17, 15) is 34.4 Å². The van der Waals surface area contributed by atoms with Crippen molar-refractivity contribution in [2.45, 2.75) is 147 Å². The Bertz CT molecular complexity index is 1410. The van der Waals surface area contributed by atoms with Crippen LogP contribution in [0, 0.1) is 0 Å². The molecule has 0 saturated heterocycles. The maximum atomic E-state index is 12.7. The zero-order valence-corrected chi connectivity index (χ0v) is 38.8. The van der Waals surface area contributed by atoms with Crippen LogP contribution in [0.3, 0.4) is 0 Å².